The van der Waals surface area contributed by atoms with E-state index >= 15 is 0 Å². The maximum Gasteiger partial charge on any atom is 0.460 e. The van der Waals surface area contributed by atoms with Crippen molar-refractivity contribution in [2.45, 2.75) is 24.5 Å². The van der Waals surface area contributed by atoms with E-state index in [9.17, 15) is 31.1 Å². The standard InChI is InChI=1S/C6H5ClF6O3/c1-2-15-3(14)4(8,9)16-6(12,13)5(7,10)11/h2H2,1H3. The van der Waals surface area contributed by atoms with Crippen molar-refractivity contribution in [3.8, 4) is 0 Å². The molecule has 0 unspecified atom stereocenters. The van der Waals surface area contributed by atoms with E-state index in [2.05, 4.69) is 21.1 Å². The molecule has 0 aromatic carbocycles. The van der Waals surface area contributed by atoms with E-state index in [-0.39, 0.29) is 0 Å². The molecule has 0 spiro atoms. The van der Waals surface area contributed by atoms with E-state index in [4.69, 9.17) is 0 Å². The average Bonchev–Trinajstić information content (AvgIpc) is 2.00. The van der Waals surface area contributed by atoms with E-state index in [1.807, 2.05) is 0 Å². The number of halogens is 7. The topological polar surface area (TPSA) is 35.5 Å². The van der Waals surface area contributed by atoms with Crippen molar-refractivity contribution >= 4 is 17.6 Å². The normalized spacial score (nSPS) is 13.8. The zero-order valence-electron chi connectivity index (χ0n) is 7.58. The largest absolute Gasteiger partial charge is 0.460 e. The first-order chi connectivity index (χ1) is 6.94. The molecule has 3 nitrogen and oxygen atoms in total. The molecular weight excluding hydrogens is 270 g/mol. The fraction of sp³-hybridized carbons (Fsp3) is 0.833. The van der Waals surface area contributed by atoms with Crippen LogP contribution in [0.5, 0.6) is 0 Å². The first-order valence-corrected chi connectivity index (χ1v) is 4.01. The molecule has 0 N–H and O–H groups in total. The van der Waals surface area contributed by atoms with Crippen molar-refractivity contribution in [3.05, 3.63) is 0 Å². The third-order valence-electron chi connectivity index (χ3n) is 1.10. The minimum absolute atomic E-state index is 0.569. The number of hydrogen-bond acceptors (Lipinski definition) is 3. The molecule has 0 radical (unpaired) electrons. The summed E-state index contributed by atoms with van der Waals surface area (Å²) in [5.74, 6) is -2.52. The van der Waals surface area contributed by atoms with Crippen LogP contribution >= 0.6 is 11.6 Å². The lowest BCUT2D eigenvalue weighted by Gasteiger charge is -2.24. The van der Waals surface area contributed by atoms with Crippen molar-refractivity contribution in [3.63, 3.8) is 0 Å². The maximum absolute atomic E-state index is 12.5. The van der Waals surface area contributed by atoms with Crippen LogP contribution in [0.1, 0.15) is 6.92 Å². The molecule has 10 heteroatoms. The first-order valence-electron chi connectivity index (χ1n) is 3.64. The van der Waals surface area contributed by atoms with E-state index in [1.165, 1.54) is 0 Å². The van der Waals surface area contributed by atoms with Crippen molar-refractivity contribution in [2.75, 3.05) is 6.61 Å². The van der Waals surface area contributed by atoms with E-state index in [0.29, 0.717) is 0 Å². The first kappa shape index (κ1) is 15.3. The Morgan fingerprint density at radius 3 is 1.94 bits per heavy atom. The highest BCUT2D eigenvalue weighted by molar-refractivity contribution is 6.22. The van der Waals surface area contributed by atoms with Gasteiger partial charge in [0.05, 0.1) is 6.61 Å². The van der Waals surface area contributed by atoms with Gasteiger partial charge in [-0.25, -0.2) is 9.53 Å². The molecule has 0 rings (SSSR count). The van der Waals surface area contributed by atoms with Gasteiger partial charge in [-0.15, -0.1) is 0 Å². The Hall–Kier alpha value is -0.700. The smallest absolute Gasteiger partial charge is 0.460 e. The molecule has 16 heavy (non-hydrogen) atoms. The Morgan fingerprint density at radius 1 is 1.19 bits per heavy atom. The van der Waals surface area contributed by atoms with Crippen molar-refractivity contribution < 1.29 is 40.6 Å². The van der Waals surface area contributed by atoms with Gasteiger partial charge in [0.1, 0.15) is 0 Å². The van der Waals surface area contributed by atoms with Gasteiger partial charge < -0.3 is 4.74 Å². The predicted octanol–water partition coefficient (Wildman–Crippen LogP) is 2.58. The van der Waals surface area contributed by atoms with Gasteiger partial charge >= 0.3 is 23.6 Å². The van der Waals surface area contributed by atoms with Crippen LogP contribution in [-0.2, 0) is 14.3 Å². The summed E-state index contributed by atoms with van der Waals surface area (Å²) in [5, 5.41) is -5.39. The summed E-state index contributed by atoms with van der Waals surface area (Å²) in [6.07, 6.45) is -10.9. The number of rotatable bonds is 5. The van der Waals surface area contributed by atoms with E-state index in [0.717, 1.165) is 6.92 Å². The van der Waals surface area contributed by atoms with Crippen molar-refractivity contribution in [2.24, 2.45) is 0 Å². The van der Waals surface area contributed by atoms with E-state index < -0.39 is 30.2 Å². The third kappa shape index (κ3) is 3.71. The molecular formula is C6H5ClF6O3. The highest BCUT2D eigenvalue weighted by atomic mass is 35.5. The quantitative estimate of drug-likeness (QED) is 0.439. The van der Waals surface area contributed by atoms with Crippen LogP contribution < -0.4 is 0 Å². The molecule has 96 valence electrons. The Balaban J connectivity index is 4.77. The number of carbonyl (C=O) groups is 1. The zero-order chi connectivity index (χ0) is 13.2. The minimum atomic E-state index is -5.72. The molecule has 0 saturated carbocycles. The highest BCUT2D eigenvalue weighted by Gasteiger charge is 2.64. The molecule has 0 bridgehead atoms. The van der Waals surface area contributed by atoms with Gasteiger partial charge in [-0.2, -0.15) is 26.3 Å². The van der Waals surface area contributed by atoms with Crippen molar-refractivity contribution in [1.82, 2.24) is 0 Å². The number of esters is 1. The molecule has 0 aromatic rings. The highest BCUT2D eigenvalue weighted by Crippen LogP contribution is 2.42. The summed E-state index contributed by atoms with van der Waals surface area (Å²) in [5.41, 5.74) is 0. The SMILES string of the molecule is CCOC(=O)C(F)(F)OC(F)(F)C(F)(F)Cl. The Morgan fingerprint density at radius 2 is 1.62 bits per heavy atom. The van der Waals surface area contributed by atoms with Gasteiger partial charge in [0.25, 0.3) is 0 Å². The van der Waals surface area contributed by atoms with Crippen LogP contribution in [0.3, 0.4) is 0 Å². The molecule has 0 fully saturated rings. The second-order valence-corrected chi connectivity index (χ2v) is 2.83. The summed E-state index contributed by atoms with van der Waals surface area (Å²) in [6.45, 7) is 0.531. The molecule has 0 atom stereocenters. The molecule has 0 saturated heterocycles. The van der Waals surface area contributed by atoms with Crippen LogP contribution in [0.15, 0.2) is 0 Å². The molecule has 0 aliphatic carbocycles. The van der Waals surface area contributed by atoms with Gasteiger partial charge in [0.15, 0.2) is 0 Å². The molecule has 0 aromatic heterocycles. The van der Waals surface area contributed by atoms with Crippen LogP contribution in [0.4, 0.5) is 26.3 Å². The van der Waals surface area contributed by atoms with Crippen LogP contribution in [-0.4, -0.2) is 30.2 Å². The summed E-state index contributed by atoms with van der Waals surface area (Å²) in [6, 6.07) is 0. The monoisotopic (exact) mass is 274 g/mol. The summed E-state index contributed by atoms with van der Waals surface area (Å²) in [7, 11) is 0. The third-order valence-corrected chi connectivity index (χ3v) is 1.32. The Kier molecular flexibility index (Phi) is 4.46. The Labute approximate surface area is 90.2 Å². The zero-order valence-corrected chi connectivity index (χ0v) is 8.33. The lowest BCUT2D eigenvalue weighted by molar-refractivity contribution is -0.403. The lowest BCUT2D eigenvalue weighted by Crippen LogP contribution is -2.47. The second-order valence-electron chi connectivity index (χ2n) is 2.35. The predicted molar refractivity (Wildman–Crippen MR) is 38.4 cm³/mol. The molecule has 0 heterocycles. The Bertz CT molecular complexity index is 263. The van der Waals surface area contributed by atoms with Crippen LogP contribution in [0.25, 0.3) is 0 Å². The molecule has 0 amide bonds. The fourth-order valence-electron chi connectivity index (χ4n) is 0.476. The molecule has 0 aliphatic rings. The van der Waals surface area contributed by atoms with Gasteiger partial charge in [0, 0.05) is 0 Å². The number of hydrogen-bond donors (Lipinski definition) is 0. The van der Waals surface area contributed by atoms with Gasteiger partial charge in [-0.05, 0) is 18.5 Å². The molecule has 0 aliphatic heterocycles. The second kappa shape index (κ2) is 4.66. The average molecular weight is 275 g/mol. The van der Waals surface area contributed by atoms with Gasteiger partial charge in [-0.1, -0.05) is 0 Å². The fourth-order valence-corrected chi connectivity index (χ4v) is 0.514. The maximum atomic E-state index is 12.5. The number of ether oxygens (including phenoxy) is 2. The minimum Gasteiger partial charge on any atom is -0.460 e. The number of alkyl halides is 7. The van der Waals surface area contributed by atoms with Crippen LogP contribution in [0.2, 0.25) is 0 Å². The van der Waals surface area contributed by atoms with E-state index in [1.54, 1.807) is 0 Å². The van der Waals surface area contributed by atoms with Crippen LogP contribution in [0, 0.1) is 0 Å². The van der Waals surface area contributed by atoms with Gasteiger partial charge in [0.2, 0.25) is 0 Å². The number of carbonyl (C=O) groups excluding carboxylic acids is 1. The summed E-state index contributed by atoms with van der Waals surface area (Å²) < 4.78 is 79.2. The summed E-state index contributed by atoms with van der Waals surface area (Å²) in [4.78, 5) is 10.4. The lowest BCUT2D eigenvalue weighted by atomic mass is 10.5. The van der Waals surface area contributed by atoms with Crippen molar-refractivity contribution in [1.29, 1.82) is 0 Å². The summed E-state index contributed by atoms with van der Waals surface area (Å²) >= 11 is 3.82. The van der Waals surface area contributed by atoms with Gasteiger partial charge in [-0.3, -0.25) is 0 Å².